The lowest BCUT2D eigenvalue weighted by Gasteiger charge is -2.35. The molecule has 2 heterocycles. The Bertz CT molecular complexity index is 515. The van der Waals surface area contributed by atoms with Crippen LogP contribution in [0, 0.1) is 5.92 Å². The number of carbonyl (C=O) groups excluding carboxylic acids is 1. The molecular formula is C16H22N2O2. The number of amides is 1. The summed E-state index contributed by atoms with van der Waals surface area (Å²) in [6, 6.07) is 5.93. The van der Waals surface area contributed by atoms with Crippen molar-refractivity contribution in [2.75, 3.05) is 25.0 Å². The molecule has 0 aromatic heterocycles. The quantitative estimate of drug-likeness (QED) is 0.822. The molecule has 108 valence electrons. The van der Waals surface area contributed by atoms with E-state index in [1.807, 2.05) is 30.0 Å². The number of benzene rings is 1. The van der Waals surface area contributed by atoms with Crippen molar-refractivity contribution in [3.05, 3.63) is 29.3 Å². The first-order valence-corrected chi connectivity index (χ1v) is 7.50. The van der Waals surface area contributed by atoms with Crippen molar-refractivity contribution in [3.63, 3.8) is 0 Å². The second-order valence-corrected chi connectivity index (χ2v) is 5.95. The number of rotatable bonds is 1. The summed E-state index contributed by atoms with van der Waals surface area (Å²) in [5.41, 5.74) is 3.09. The standard InChI is InChI=1S/C16H22N2O2/c1-11-10-18(9-7-15(11)19)16(20)13-4-2-6-14-12(13)5-3-8-17-14/h2,4,6,11,15,17,19H,3,5,7-10H2,1H3. The third kappa shape index (κ3) is 2.40. The SMILES string of the molecule is CC1CN(C(=O)c2cccc3c2CCCN3)CCC1O. The highest BCUT2D eigenvalue weighted by atomic mass is 16.3. The van der Waals surface area contributed by atoms with Gasteiger partial charge in [0.25, 0.3) is 5.91 Å². The van der Waals surface area contributed by atoms with Crippen molar-refractivity contribution in [3.8, 4) is 0 Å². The van der Waals surface area contributed by atoms with Gasteiger partial charge >= 0.3 is 0 Å². The molecule has 1 amide bonds. The molecule has 4 heteroatoms. The van der Waals surface area contributed by atoms with Crippen LogP contribution < -0.4 is 5.32 Å². The fourth-order valence-electron chi connectivity index (χ4n) is 3.20. The van der Waals surface area contributed by atoms with Gasteiger partial charge in [0.2, 0.25) is 0 Å². The van der Waals surface area contributed by atoms with E-state index < -0.39 is 0 Å². The van der Waals surface area contributed by atoms with Gasteiger partial charge in [0.05, 0.1) is 6.10 Å². The molecule has 2 atom stereocenters. The highest BCUT2D eigenvalue weighted by Crippen LogP contribution is 2.27. The van der Waals surface area contributed by atoms with Crippen molar-refractivity contribution in [1.82, 2.24) is 4.90 Å². The van der Waals surface area contributed by atoms with E-state index in [1.54, 1.807) is 0 Å². The summed E-state index contributed by atoms with van der Waals surface area (Å²) in [6.45, 7) is 4.29. The van der Waals surface area contributed by atoms with Crippen LogP contribution in [0.15, 0.2) is 18.2 Å². The zero-order valence-corrected chi connectivity index (χ0v) is 11.9. The molecule has 2 unspecified atom stereocenters. The molecule has 0 bridgehead atoms. The van der Waals surface area contributed by atoms with Crippen LogP contribution in [-0.4, -0.2) is 41.7 Å². The van der Waals surface area contributed by atoms with Gasteiger partial charge in [0.1, 0.15) is 0 Å². The maximum absolute atomic E-state index is 12.7. The Morgan fingerprint density at radius 3 is 3.10 bits per heavy atom. The van der Waals surface area contributed by atoms with E-state index in [0.717, 1.165) is 36.2 Å². The van der Waals surface area contributed by atoms with Gasteiger partial charge in [-0.2, -0.15) is 0 Å². The smallest absolute Gasteiger partial charge is 0.254 e. The molecule has 20 heavy (non-hydrogen) atoms. The van der Waals surface area contributed by atoms with Crippen molar-refractivity contribution in [2.45, 2.75) is 32.3 Å². The van der Waals surface area contributed by atoms with E-state index >= 15 is 0 Å². The molecule has 2 aliphatic heterocycles. The second-order valence-electron chi connectivity index (χ2n) is 5.95. The first kappa shape index (κ1) is 13.4. The molecule has 1 fully saturated rings. The number of carbonyl (C=O) groups is 1. The molecule has 1 saturated heterocycles. The van der Waals surface area contributed by atoms with E-state index in [-0.39, 0.29) is 17.9 Å². The molecule has 4 nitrogen and oxygen atoms in total. The molecule has 3 rings (SSSR count). The molecule has 1 aromatic rings. The van der Waals surface area contributed by atoms with Crippen LogP contribution >= 0.6 is 0 Å². The number of hydrogen-bond donors (Lipinski definition) is 2. The topological polar surface area (TPSA) is 52.6 Å². The summed E-state index contributed by atoms with van der Waals surface area (Å²) in [7, 11) is 0. The Morgan fingerprint density at radius 1 is 1.45 bits per heavy atom. The number of hydrogen-bond acceptors (Lipinski definition) is 3. The van der Waals surface area contributed by atoms with Crippen LogP contribution in [0.25, 0.3) is 0 Å². The van der Waals surface area contributed by atoms with Gasteiger partial charge in [-0.05, 0) is 42.9 Å². The van der Waals surface area contributed by atoms with E-state index in [4.69, 9.17) is 0 Å². The van der Waals surface area contributed by atoms with Crippen LogP contribution in [0.4, 0.5) is 5.69 Å². The molecular weight excluding hydrogens is 252 g/mol. The fourth-order valence-corrected chi connectivity index (χ4v) is 3.20. The van der Waals surface area contributed by atoms with Crippen LogP contribution in [0.3, 0.4) is 0 Å². The first-order chi connectivity index (χ1) is 9.66. The van der Waals surface area contributed by atoms with Crippen LogP contribution in [0.2, 0.25) is 0 Å². The minimum Gasteiger partial charge on any atom is -0.393 e. The third-order valence-electron chi connectivity index (χ3n) is 4.47. The predicted octanol–water partition coefficient (Wildman–Crippen LogP) is 1.89. The van der Waals surface area contributed by atoms with E-state index in [0.29, 0.717) is 19.5 Å². The Hall–Kier alpha value is -1.55. The summed E-state index contributed by atoms with van der Waals surface area (Å²) in [5, 5.41) is 13.2. The van der Waals surface area contributed by atoms with Gasteiger partial charge in [0, 0.05) is 30.9 Å². The number of nitrogens with zero attached hydrogens (tertiary/aromatic N) is 1. The lowest BCUT2D eigenvalue weighted by Crippen LogP contribution is -2.45. The first-order valence-electron chi connectivity index (χ1n) is 7.50. The summed E-state index contributed by atoms with van der Waals surface area (Å²) < 4.78 is 0. The monoisotopic (exact) mass is 274 g/mol. The molecule has 0 saturated carbocycles. The molecule has 2 N–H and O–H groups in total. The average molecular weight is 274 g/mol. The molecule has 0 spiro atoms. The number of aliphatic hydroxyl groups is 1. The summed E-state index contributed by atoms with van der Waals surface area (Å²) in [5.74, 6) is 0.273. The van der Waals surface area contributed by atoms with Gasteiger partial charge < -0.3 is 15.3 Å². The van der Waals surface area contributed by atoms with Crippen LogP contribution in [0.5, 0.6) is 0 Å². The largest absolute Gasteiger partial charge is 0.393 e. The minimum atomic E-state index is -0.273. The zero-order chi connectivity index (χ0) is 14.1. The van der Waals surface area contributed by atoms with Crippen LogP contribution in [-0.2, 0) is 6.42 Å². The number of piperidine rings is 1. The lowest BCUT2D eigenvalue weighted by molar-refractivity contribution is 0.0297. The predicted molar refractivity (Wildman–Crippen MR) is 78.9 cm³/mol. The normalized spacial score (nSPS) is 25.8. The summed E-state index contributed by atoms with van der Waals surface area (Å²) >= 11 is 0. The summed E-state index contributed by atoms with van der Waals surface area (Å²) in [4.78, 5) is 14.6. The summed E-state index contributed by atoms with van der Waals surface area (Å²) in [6.07, 6.45) is 2.45. The number of fused-ring (bicyclic) bond motifs is 1. The Balaban J connectivity index is 1.84. The number of anilines is 1. The molecule has 0 radical (unpaired) electrons. The highest BCUT2D eigenvalue weighted by molar-refractivity contribution is 5.97. The molecule has 0 aliphatic carbocycles. The Labute approximate surface area is 119 Å². The number of aliphatic hydroxyl groups excluding tert-OH is 1. The number of nitrogens with one attached hydrogen (secondary N) is 1. The highest BCUT2D eigenvalue weighted by Gasteiger charge is 2.29. The third-order valence-corrected chi connectivity index (χ3v) is 4.47. The minimum absolute atomic E-state index is 0.115. The molecule has 1 aromatic carbocycles. The Morgan fingerprint density at radius 2 is 2.30 bits per heavy atom. The van der Waals surface area contributed by atoms with Gasteiger partial charge in [-0.1, -0.05) is 13.0 Å². The van der Waals surface area contributed by atoms with E-state index in [2.05, 4.69) is 5.32 Å². The maximum Gasteiger partial charge on any atom is 0.254 e. The number of likely N-dealkylation sites (tertiary alicyclic amines) is 1. The van der Waals surface area contributed by atoms with Crippen LogP contribution in [0.1, 0.15) is 35.7 Å². The fraction of sp³-hybridized carbons (Fsp3) is 0.562. The lowest BCUT2D eigenvalue weighted by atomic mass is 9.93. The van der Waals surface area contributed by atoms with Gasteiger partial charge in [-0.3, -0.25) is 4.79 Å². The Kier molecular flexibility index (Phi) is 3.66. The van der Waals surface area contributed by atoms with E-state index in [1.165, 1.54) is 0 Å². The van der Waals surface area contributed by atoms with Gasteiger partial charge in [-0.25, -0.2) is 0 Å². The van der Waals surface area contributed by atoms with E-state index in [9.17, 15) is 9.90 Å². The second kappa shape index (κ2) is 5.44. The molecule has 2 aliphatic rings. The maximum atomic E-state index is 12.7. The van der Waals surface area contributed by atoms with Crippen molar-refractivity contribution < 1.29 is 9.90 Å². The van der Waals surface area contributed by atoms with Crippen molar-refractivity contribution in [1.29, 1.82) is 0 Å². The van der Waals surface area contributed by atoms with Crippen molar-refractivity contribution in [2.24, 2.45) is 5.92 Å². The average Bonchev–Trinajstić information content (AvgIpc) is 2.49. The van der Waals surface area contributed by atoms with Gasteiger partial charge in [-0.15, -0.1) is 0 Å². The van der Waals surface area contributed by atoms with Crippen molar-refractivity contribution >= 4 is 11.6 Å². The van der Waals surface area contributed by atoms with Gasteiger partial charge in [0.15, 0.2) is 0 Å². The zero-order valence-electron chi connectivity index (χ0n) is 11.9.